The smallest absolute Gasteiger partial charge is 0.257 e. The van der Waals surface area contributed by atoms with Crippen LogP contribution in [0.3, 0.4) is 0 Å². The molecular weight excluding hydrogens is 530 g/mol. The minimum Gasteiger partial charge on any atom is -0.339 e. The van der Waals surface area contributed by atoms with Crippen molar-refractivity contribution in [2.24, 2.45) is 0 Å². The Labute approximate surface area is 237 Å². The van der Waals surface area contributed by atoms with Gasteiger partial charge in [0.25, 0.3) is 11.8 Å². The maximum atomic E-state index is 13.0. The topological polar surface area (TPSA) is 85.9 Å². The Morgan fingerprint density at radius 2 is 1.62 bits per heavy atom. The van der Waals surface area contributed by atoms with Gasteiger partial charge < -0.3 is 9.80 Å². The number of thiazole rings is 1. The summed E-state index contributed by atoms with van der Waals surface area (Å²) in [5, 5.41) is 3.48. The van der Waals surface area contributed by atoms with Crippen molar-refractivity contribution in [3.05, 3.63) is 77.0 Å². The molecule has 0 unspecified atom stereocenters. The number of nitrogens with one attached hydrogen (secondary N) is 1. The summed E-state index contributed by atoms with van der Waals surface area (Å²) in [7, 11) is 0. The molecule has 0 aliphatic carbocycles. The fraction of sp³-hybridized carbons (Fsp3) is 0.379. The molecule has 8 nitrogen and oxygen atoms in total. The van der Waals surface area contributed by atoms with Crippen LogP contribution in [0.4, 0.5) is 5.13 Å². The predicted molar refractivity (Wildman–Crippen MR) is 155 cm³/mol. The van der Waals surface area contributed by atoms with Crippen LogP contribution in [-0.4, -0.2) is 76.7 Å². The predicted octanol–water partition coefficient (Wildman–Crippen LogP) is 4.59. The highest BCUT2D eigenvalue weighted by molar-refractivity contribution is 8.00. The number of thioether (sulfide) groups is 1. The van der Waals surface area contributed by atoms with Crippen molar-refractivity contribution in [2.45, 2.75) is 36.3 Å². The van der Waals surface area contributed by atoms with E-state index in [1.807, 2.05) is 53.4 Å². The lowest BCUT2D eigenvalue weighted by Crippen LogP contribution is -2.50. The van der Waals surface area contributed by atoms with E-state index < -0.39 is 0 Å². The largest absolute Gasteiger partial charge is 0.339 e. The van der Waals surface area contributed by atoms with E-state index in [9.17, 15) is 14.4 Å². The number of hydrogen-bond donors (Lipinski definition) is 1. The Morgan fingerprint density at radius 1 is 0.897 bits per heavy atom. The number of amides is 3. The van der Waals surface area contributed by atoms with Crippen molar-refractivity contribution in [3.8, 4) is 0 Å². The van der Waals surface area contributed by atoms with Gasteiger partial charge in [-0.25, -0.2) is 4.98 Å². The highest BCUT2D eigenvalue weighted by Gasteiger charge is 2.23. The molecule has 2 fully saturated rings. The molecule has 0 bridgehead atoms. The first kappa shape index (κ1) is 27.4. The van der Waals surface area contributed by atoms with Gasteiger partial charge in [-0.1, -0.05) is 35.6 Å². The number of carbonyl (C=O) groups excluding carboxylic acids is 3. The Bertz CT molecular complexity index is 1310. The maximum Gasteiger partial charge on any atom is 0.257 e. The SMILES string of the molecule is CC(=O)N1CCN(C(=O)c2cccc(CSc3cnc(NC(=O)c4ccc(CN5CCCC5)cc4)s3)c2)CC1. The molecule has 2 aliphatic heterocycles. The fourth-order valence-corrected chi connectivity index (χ4v) is 6.68. The first-order valence-electron chi connectivity index (χ1n) is 13.3. The van der Waals surface area contributed by atoms with Gasteiger partial charge >= 0.3 is 0 Å². The van der Waals surface area contributed by atoms with Crippen LogP contribution in [0.25, 0.3) is 0 Å². The highest BCUT2D eigenvalue weighted by atomic mass is 32.2. The minimum absolute atomic E-state index is 0.00285. The van der Waals surface area contributed by atoms with Crippen LogP contribution in [0.1, 0.15) is 51.6 Å². The molecule has 1 aromatic heterocycles. The van der Waals surface area contributed by atoms with Crippen LogP contribution in [-0.2, 0) is 17.1 Å². The summed E-state index contributed by atoms with van der Waals surface area (Å²) in [5.74, 6) is 0.572. The number of aromatic nitrogens is 1. The summed E-state index contributed by atoms with van der Waals surface area (Å²) in [5.41, 5.74) is 3.55. The van der Waals surface area contributed by atoms with E-state index in [4.69, 9.17) is 0 Å². The normalized spacial score (nSPS) is 15.9. The van der Waals surface area contributed by atoms with Crippen LogP contribution in [0.15, 0.2) is 58.9 Å². The molecule has 10 heteroatoms. The van der Waals surface area contributed by atoms with Crippen LogP contribution in [0, 0.1) is 0 Å². The van der Waals surface area contributed by atoms with Crippen LogP contribution < -0.4 is 5.32 Å². The Morgan fingerprint density at radius 3 is 2.33 bits per heavy atom. The number of nitrogens with zero attached hydrogens (tertiary/aromatic N) is 4. The van der Waals surface area contributed by atoms with Gasteiger partial charge in [0.1, 0.15) is 0 Å². The average Bonchev–Trinajstić information content (AvgIpc) is 3.64. The number of hydrogen-bond acceptors (Lipinski definition) is 7. The fourth-order valence-electron chi connectivity index (χ4n) is 4.87. The second-order valence-electron chi connectivity index (χ2n) is 9.91. The van der Waals surface area contributed by atoms with Gasteiger partial charge in [0.05, 0.1) is 10.4 Å². The van der Waals surface area contributed by atoms with Crippen molar-refractivity contribution in [1.82, 2.24) is 19.7 Å². The highest BCUT2D eigenvalue weighted by Crippen LogP contribution is 2.31. The van der Waals surface area contributed by atoms with E-state index in [0.717, 1.165) is 29.4 Å². The number of benzene rings is 2. The van der Waals surface area contributed by atoms with E-state index in [-0.39, 0.29) is 17.7 Å². The number of likely N-dealkylation sites (tertiary alicyclic amines) is 1. The zero-order valence-electron chi connectivity index (χ0n) is 22.1. The third-order valence-electron chi connectivity index (χ3n) is 7.09. The molecule has 1 N–H and O–H groups in total. The lowest BCUT2D eigenvalue weighted by molar-refractivity contribution is -0.130. The molecule has 0 spiro atoms. The summed E-state index contributed by atoms with van der Waals surface area (Å²) in [6, 6.07) is 15.5. The van der Waals surface area contributed by atoms with Crippen molar-refractivity contribution < 1.29 is 14.4 Å². The zero-order chi connectivity index (χ0) is 27.2. The van der Waals surface area contributed by atoms with Gasteiger partial charge in [0.15, 0.2) is 5.13 Å². The molecule has 2 saturated heterocycles. The lowest BCUT2D eigenvalue weighted by Gasteiger charge is -2.34. The van der Waals surface area contributed by atoms with Gasteiger partial charge in [-0.3, -0.25) is 24.6 Å². The van der Waals surface area contributed by atoms with E-state index in [1.165, 1.54) is 29.7 Å². The summed E-state index contributed by atoms with van der Waals surface area (Å²) in [6.07, 6.45) is 4.30. The first-order valence-corrected chi connectivity index (χ1v) is 15.1. The van der Waals surface area contributed by atoms with Crippen molar-refractivity contribution in [2.75, 3.05) is 44.6 Å². The summed E-state index contributed by atoms with van der Waals surface area (Å²) < 4.78 is 0.989. The van der Waals surface area contributed by atoms with Crippen LogP contribution in [0.2, 0.25) is 0 Å². The third kappa shape index (κ3) is 7.26. The van der Waals surface area contributed by atoms with E-state index in [2.05, 4.69) is 15.2 Å². The van der Waals surface area contributed by atoms with E-state index in [1.54, 1.807) is 29.8 Å². The molecule has 0 saturated carbocycles. The Hall–Kier alpha value is -3.21. The monoisotopic (exact) mass is 563 g/mol. The summed E-state index contributed by atoms with van der Waals surface area (Å²) in [6.45, 7) is 7.05. The maximum absolute atomic E-state index is 13.0. The van der Waals surface area contributed by atoms with Gasteiger partial charge in [-0.05, 0) is 61.3 Å². The van der Waals surface area contributed by atoms with Gasteiger partial charge in [-0.2, -0.15) is 0 Å². The molecule has 0 radical (unpaired) electrons. The number of anilines is 1. The van der Waals surface area contributed by atoms with Crippen molar-refractivity contribution in [3.63, 3.8) is 0 Å². The summed E-state index contributed by atoms with van der Waals surface area (Å²) >= 11 is 3.07. The lowest BCUT2D eigenvalue weighted by atomic mass is 10.1. The van der Waals surface area contributed by atoms with Gasteiger partial charge in [-0.15, -0.1) is 11.8 Å². The molecule has 5 rings (SSSR count). The summed E-state index contributed by atoms with van der Waals surface area (Å²) in [4.78, 5) is 47.7. The molecule has 0 atom stereocenters. The second-order valence-corrected chi connectivity index (χ2v) is 12.2. The van der Waals surface area contributed by atoms with E-state index >= 15 is 0 Å². The first-order chi connectivity index (χ1) is 18.9. The molecule has 204 valence electrons. The minimum atomic E-state index is -0.163. The standard InChI is InChI=1S/C29H33N5O3S2/c1-21(35)33-13-15-34(16-14-33)28(37)25-6-4-5-23(17-25)20-38-26-18-30-29(39-26)31-27(36)24-9-7-22(8-10-24)19-32-11-2-3-12-32/h4-10,17-18H,2-3,11-16,19-20H2,1H3,(H,30,31,36). The third-order valence-corrected chi connectivity index (χ3v) is 9.27. The quantitative estimate of drug-likeness (QED) is 0.404. The van der Waals surface area contributed by atoms with Gasteiger partial charge in [0, 0.05) is 56.5 Å². The molecule has 3 heterocycles. The molecule has 2 aliphatic rings. The van der Waals surface area contributed by atoms with Crippen molar-refractivity contribution in [1.29, 1.82) is 0 Å². The average molecular weight is 564 g/mol. The molecule has 2 aromatic carbocycles. The zero-order valence-corrected chi connectivity index (χ0v) is 23.7. The molecular formula is C29H33N5O3S2. The van der Waals surface area contributed by atoms with Gasteiger partial charge in [0.2, 0.25) is 5.91 Å². The van der Waals surface area contributed by atoms with Crippen LogP contribution >= 0.6 is 23.1 Å². The Balaban J connectivity index is 1.11. The second kappa shape index (κ2) is 12.8. The molecule has 3 amide bonds. The van der Waals surface area contributed by atoms with Crippen LogP contribution in [0.5, 0.6) is 0 Å². The molecule has 3 aromatic rings. The Kier molecular flexibility index (Phi) is 8.95. The number of piperazine rings is 1. The molecule has 39 heavy (non-hydrogen) atoms. The number of rotatable bonds is 8. The van der Waals surface area contributed by atoms with Crippen molar-refractivity contribution >= 4 is 46.0 Å². The number of carbonyl (C=O) groups is 3. The van der Waals surface area contributed by atoms with E-state index in [0.29, 0.717) is 48.2 Å².